The van der Waals surface area contributed by atoms with Gasteiger partial charge in [-0.2, -0.15) is 13.1 Å². The molecule has 0 amide bonds. The van der Waals surface area contributed by atoms with E-state index in [0.717, 1.165) is 12.1 Å². The molecule has 0 aromatic heterocycles. The van der Waals surface area contributed by atoms with Crippen molar-refractivity contribution in [3.63, 3.8) is 0 Å². The number of nitrogens with two attached hydrogens (primary N) is 1. The van der Waals surface area contributed by atoms with Gasteiger partial charge in [0, 0.05) is 13.1 Å². The van der Waals surface area contributed by atoms with Crippen molar-refractivity contribution in [2.45, 2.75) is 32.4 Å². The van der Waals surface area contributed by atoms with Crippen LogP contribution in [0.1, 0.15) is 30.4 Å². The number of piperidine rings is 1. The van der Waals surface area contributed by atoms with Gasteiger partial charge < -0.3 is 0 Å². The number of nitrogens with one attached hydrogen (secondary N) is 1. The highest BCUT2D eigenvalue weighted by atomic mass is 32.2. The highest BCUT2D eigenvalue weighted by Crippen LogP contribution is 2.13. The van der Waals surface area contributed by atoms with E-state index < -0.39 is 10.2 Å². The van der Waals surface area contributed by atoms with Crippen LogP contribution < -0.4 is 9.86 Å². The second kappa shape index (κ2) is 6.47. The Hall–Kier alpha value is -0.950. The number of hydrogen-bond acceptors (Lipinski definition) is 3. The Kier molecular flexibility index (Phi) is 4.93. The third-order valence-corrected chi connectivity index (χ3v) is 3.90. The molecule has 1 aromatic carbocycles. The van der Waals surface area contributed by atoms with E-state index in [4.69, 9.17) is 5.14 Å². The minimum Gasteiger partial charge on any atom is -0.299 e. The van der Waals surface area contributed by atoms with Gasteiger partial charge in [0.25, 0.3) is 10.2 Å². The number of rotatable bonds is 5. The van der Waals surface area contributed by atoms with Gasteiger partial charge in [-0.1, -0.05) is 30.7 Å². The molecule has 1 aliphatic heterocycles. The Balaban J connectivity index is 1.87. The number of likely N-dealkylation sites (tertiary alicyclic amines) is 1. The van der Waals surface area contributed by atoms with Crippen molar-refractivity contribution in [3.05, 3.63) is 35.4 Å². The Morgan fingerprint density at radius 3 is 2.21 bits per heavy atom. The summed E-state index contributed by atoms with van der Waals surface area (Å²) in [6.07, 6.45) is 3.92. The molecule has 2 rings (SSSR count). The Labute approximate surface area is 115 Å². The van der Waals surface area contributed by atoms with Gasteiger partial charge in [0.1, 0.15) is 0 Å². The van der Waals surface area contributed by atoms with E-state index in [1.807, 2.05) is 12.1 Å². The molecule has 0 atom stereocenters. The maximum absolute atomic E-state index is 10.8. The lowest BCUT2D eigenvalue weighted by atomic mass is 10.1. The van der Waals surface area contributed by atoms with Crippen molar-refractivity contribution in [1.82, 2.24) is 9.62 Å². The van der Waals surface area contributed by atoms with Crippen LogP contribution in [0, 0.1) is 0 Å². The molecule has 6 heteroatoms. The van der Waals surface area contributed by atoms with Crippen molar-refractivity contribution in [2.75, 3.05) is 13.1 Å². The minimum atomic E-state index is -3.61. The molecular weight excluding hydrogens is 262 g/mol. The summed E-state index contributed by atoms with van der Waals surface area (Å²) in [7, 11) is -3.61. The van der Waals surface area contributed by atoms with E-state index >= 15 is 0 Å². The van der Waals surface area contributed by atoms with Crippen LogP contribution in [-0.4, -0.2) is 26.4 Å². The second-order valence-electron chi connectivity index (χ2n) is 5.02. The maximum atomic E-state index is 10.8. The number of benzene rings is 1. The average Bonchev–Trinajstić information content (AvgIpc) is 2.38. The zero-order chi connectivity index (χ0) is 13.7. The molecular formula is C13H21N3O2S. The molecule has 1 fully saturated rings. The predicted molar refractivity (Wildman–Crippen MR) is 75.5 cm³/mol. The molecule has 19 heavy (non-hydrogen) atoms. The summed E-state index contributed by atoms with van der Waals surface area (Å²) in [5.41, 5.74) is 2.18. The molecule has 1 aromatic rings. The van der Waals surface area contributed by atoms with Gasteiger partial charge in [0.2, 0.25) is 0 Å². The Morgan fingerprint density at radius 2 is 1.63 bits per heavy atom. The summed E-state index contributed by atoms with van der Waals surface area (Å²) in [4.78, 5) is 2.46. The zero-order valence-corrected chi connectivity index (χ0v) is 11.8. The molecule has 0 saturated carbocycles. The first-order valence-corrected chi connectivity index (χ1v) is 8.15. The van der Waals surface area contributed by atoms with Crippen molar-refractivity contribution < 1.29 is 8.42 Å². The third kappa shape index (κ3) is 5.28. The van der Waals surface area contributed by atoms with E-state index in [2.05, 4.69) is 21.8 Å². The van der Waals surface area contributed by atoms with E-state index in [0.29, 0.717) is 0 Å². The van der Waals surface area contributed by atoms with Crippen LogP contribution in [0.25, 0.3) is 0 Å². The lowest BCUT2D eigenvalue weighted by Gasteiger charge is -2.26. The van der Waals surface area contributed by atoms with Crippen LogP contribution in [-0.2, 0) is 23.3 Å². The molecule has 0 bridgehead atoms. The molecule has 0 radical (unpaired) electrons. The van der Waals surface area contributed by atoms with Gasteiger partial charge >= 0.3 is 0 Å². The molecule has 106 valence electrons. The summed E-state index contributed by atoms with van der Waals surface area (Å²) in [5, 5.41) is 4.89. The number of nitrogens with zero attached hydrogens (tertiary/aromatic N) is 1. The molecule has 0 unspecified atom stereocenters. The normalized spacial score (nSPS) is 17.5. The van der Waals surface area contributed by atoms with Gasteiger partial charge in [-0.05, 0) is 37.1 Å². The zero-order valence-electron chi connectivity index (χ0n) is 11.0. The van der Waals surface area contributed by atoms with Crippen LogP contribution in [0.3, 0.4) is 0 Å². The SMILES string of the molecule is NS(=O)(=O)NCc1ccc(CN2CCCCC2)cc1. The van der Waals surface area contributed by atoms with E-state index in [1.54, 1.807) is 0 Å². The van der Waals surface area contributed by atoms with Gasteiger partial charge in [0.15, 0.2) is 0 Å². The fourth-order valence-corrected chi connectivity index (χ4v) is 2.69. The van der Waals surface area contributed by atoms with Crippen molar-refractivity contribution in [2.24, 2.45) is 5.14 Å². The van der Waals surface area contributed by atoms with Crippen LogP contribution in [0.2, 0.25) is 0 Å². The first-order chi connectivity index (χ1) is 9.03. The van der Waals surface area contributed by atoms with Crippen molar-refractivity contribution in [3.8, 4) is 0 Å². The summed E-state index contributed by atoms with van der Waals surface area (Å²) in [5.74, 6) is 0. The third-order valence-electron chi connectivity index (χ3n) is 3.36. The monoisotopic (exact) mass is 283 g/mol. The quantitative estimate of drug-likeness (QED) is 0.845. The fourth-order valence-electron chi connectivity index (χ4n) is 2.32. The van der Waals surface area contributed by atoms with Crippen molar-refractivity contribution >= 4 is 10.2 Å². The highest BCUT2D eigenvalue weighted by Gasteiger charge is 2.10. The summed E-state index contributed by atoms with van der Waals surface area (Å²) < 4.78 is 23.9. The molecule has 1 aliphatic rings. The standard InChI is InChI=1S/C13H21N3O2S/c14-19(17,18)15-10-12-4-6-13(7-5-12)11-16-8-2-1-3-9-16/h4-7,15H,1-3,8-11H2,(H2,14,17,18). The molecule has 0 aliphatic carbocycles. The molecule has 5 nitrogen and oxygen atoms in total. The lowest BCUT2D eigenvalue weighted by Crippen LogP contribution is -2.30. The first-order valence-electron chi connectivity index (χ1n) is 6.60. The predicted octanol–water partition coefficient (Wildman–Crippen LogP) is 0.966. The molecule has 0 spiro atoms. The molecule has 1 saturated heterocycles. The van der Waals surface area contributed by atoms with E-state index in [1.165, 1.54) is 37.9 Å². The van der Waals surface area contributed by atoms with E-state index in [9.17, 15) is 8.42 Å². The van der Waals surface area contributed by atoms with Gasteiger partial charge in [-0.25, -0.2) is 5.14 Å². The smallest absolute Gasteiger partial charge is 0.274 e. The van der Waals surface area contributed by atoms with E-state index in [-0.39, 0.29) is 6.54 Å². The average molecular weight is 283 g/mol. The highest BCUT2D eigenvalue weighted by molar-refractivity contribution is 7.87. The lowest BCUT2D eigenvalue weighted by molar-refractivity contribution is 0.221. The Bertz CT molecular complexity index is 493. The molecule has 1 heterocycles. The fraction of sp³-hybridized carbons (Fsp3) is 0.538. The van der Waals surface area contributed by atoms with Gasteiger partial charge in [0.05, 0.1) is 0 Å². The topological polar surface area (TPSA) is 75.4 Å². The van der Waals surface area contributed by atoms with Crippen LogP contribution in [0.15, 0.2) is 24.3 Å². The van der Waals surface area contributed by atoms with Crippen LogP contribution >= 0.6 is 0 Å². The van der Waals surface area contributed by atoms with Crippen LogP contribution in [0.4, 0.5) is 0 Å². The van der Waals surface area contributed by atoms with Crippen LogP contribution in [0.5, 0.6) is 0 Å². The van der Waals surface area contributed by atoms with Gasteiger partial charge in [-0.15, -0.1) is 0 Å². The number of hydrogen-bond donors (Lipinski definition) is 2. The summed E-state index contributed by atoms with van der Waals surface area (Å²) in [6, 6.07) is 7.98. The summed E-state index contributed by atoms with van der Waals surface area (Å²) >= 11 is 0. The van der Waals surface area contributed by atoms with Crippen molar-refractivity contribution in [1.29, 1.82) is 0 Å². The second-order valence-corrected chi connectivity index (χ2v) is 6.40. The largest absolute Gasteiger partial charge is 0.299 e. The summed E-state index contributed by atoms with van der Waals surface area (Å²) in [6.45, 7) is 3.56. The minimum absolute atomic E-state index is 0.239. The first kappa shape index (κ1) is 14.5. The van der Waals surface area contributed by atoms with Gasteiger partial charge in [-0.3, -0.25) is 4.90 Å². The molecule has 3 N–H and O–H groups in total. The maximum Gasteiger partial charge on any atom is 0.274 e. The Morgan fingerprint density at radius 1 is 1.05 bits per heavy atom.